The molecule has 0 bridgehead atoms. The van der Waals surface area contributed by atoms with E-state index in [4.69, 9.17) is 4.74 Å². The Kier molecular flexibility index (Phi) is 3.17. The molecule has 0 saturated carbocycles. The molecule has 80 valence electrons. The van der Waals surface area contributed by atoms with Crippen LogP contribution >= 0.6 is 15.9 Å². The summed E-state index contributed by atoms with van der Waals surface area (Å²) in [5, 5.41) is 0. The molecule has 1 heterocycles. The highest BCUT2D eigenvalue weighted by Crippen LogP contribution is 2.30. The summed E-state index contributed by atoms with van der Waals surface area (Å²) in [4.78, 5) is 11.2. The van der Waals surface area contributed by atoms with Gasteiger partial charge in [-0.1, -0.05) is 12.1 Å². The van der Waals surface area contributed by atoms with Crippen molar-refractivity contribution in [3.63, 3.8) is 0 Å². The molecule has 1 aliphatic heterocycles. The van der Waals surface area contributed by atoms with E-state index in [1.807, 2.05) is 0 Å². The topological polar surface area (TPSA) is 26.3 Å². The second kappa shape index (κ2) is 4.41. The smallest absolute Gasteiger partial charge is 0.143 e. The van der Waals surface area contributed by atoms with Crippen LogP contribution in [0.15, 0.2) is 22.7 Å². The third-order valence-corrected chi connectivity index (χ3v) is 3.05. The van der Waals surface area contributed by atoms with Crippen LogP contribution in [0.5, 0.6) is 0 Å². The average molecular weight is 273 g/mol. The quantitative estimate of drug-likeness (QED) is 0.786. The van der Waals surface area contributed by atoms with Crippen molar-refractivity contribution < 1.29 is 13.9 Å². The molecule has 15 heavy (non-hydrogen) atoms. The number of carbonyl (C=O) groups is 1. The zero-order valence-corrected chi connectivity index (χ0v) is 9.59. The molecule has 1 aliphatic rings. The van der Waals surface area contributed by atoms with Crippen molar-refractivity contribution in [3.8, 4) is 0 Å². The maximum Gasteiger partial charge on any atom is 0.143 e. The van der Waals surface area contributed by atoms with Crippen molar-refractivity contribution >= 4 is 21.7 Å². The standard InChI is InChI=1S/C11H10BrFO2/c12-9-3-1-2-8(11(9)13)10-6-7(14)4-5-15-10/h1-3,10H,4-6H2. The average Bonchev–Trinajstić information content (AvgIpc) is 2.22. The highest BCUT2D eigenvalue weighted by Gasteiger charge is 2.24. The van der Waals surface area contributed by atoms with Crippen LogP contribution in [-0.4, -0.2) is 12.4 Å². The Hall–Kier alpha value is -0.740. The number of halogens is 2. The number of hydrogen-bond donors (Lipinski definition) is 0. The lowest BCUT2D eigenvalue weighted by Gasteiger charge is -2.22. The third-order valence-electron chi connectivity index (χ3n) is 2.44. The van der Waals surface area contributed by atoms with Crippen LogP contribution in [0.4, 0.5) is 4.39 Å². The number of ether oxygens (including phenoxy) is 1. The molecule has 0 N–H and O–H groups in total. The molecule has 0 spiro atoms. The molecule has 1 unspecified atom stereocenters. The number of rotatable bonds is 1. The summed E-state index contributed by atoms with van der Waals surface area (Å²) in [5.74, 6) is -0.206. The lowest BCUT2D eigenvalue weighted by atomic mass is 10.0. The van der Waals surface area contributed by atoms with Gasteiger partial charge in [0.2, 0.25) is 0 Å². The van der Waals surface area contributed by atoms with E-state index in [1.54, 1.807) is 18.2 Å². The molecule has 0 amide bonds. The maximum atomic E-state index is 13.7. The van der Waals surface area contributed by atoms with Gasteiger partial charge in [-0.3, -0.25) is 4.79 Å². The first-order valence-corrected chi connectivity index (χ1v) is 5.55. The van der Waals surface area contributed by atoms with Crippen LogP contribution in [0.3, 0.4) is 0 Å². The lowest BCUT2D eigenvalue weighted by molar-refractivity contribution is -0.128. The van der Waals surface area contributed by atoms with Crippen molar-refractivity contribution in [1.29, 1.82) is 0 Å². The fourth-order valence-electron chi connectivity index (χ4n) is 1.65. The van der Waals surface area contributed by atoms with Crippen LogP contribution in [-0.2, 0) is 9.53 Å². The van der Waals surface area contributed by atoms with Gasteiger partial charge in [-0.15, -0.1) is 0 Å². The summed E-state index contributed by atoms with van der Waals surface area (Å²) < 4.78 is 19.5. The van der Waals surface area contributed by atoms with Crippen molar-refractivity contribution in [2.24, 2.45) is 0 Å². The second-order valence-corrected chi connectivity index (χ2v) is 4.35. The van der Waals surface area contributed by atoms with Gasteiger partial charge in [-0.2, -0.15) is 0 Å². The van der Waals surface area contributed by atoms with Gasteiger partial charge in [0, 0.05) is 18.4 Å². The molecule has 0 radical (unpaired) electrons. The summed E-state index contributed by atoms with van der Waals surface area (Å²) in [6, 6.07) is 5.03. The van der Waals surface area contributed by atoms with E-state index in [9.17, 15) is 9.18 Å². The molecule has 2 nitrogen and oxygen atoms in total. The number of hydrogen-bond acceptors (Lipinski definition) is 2. The zero-order valence-electron chi connectivity index (χ0n) is 8.00. The number of ketones is 1. The Bertz CT molecular complexity index is 392. The van der Waals surface area contributed by atoms with Crippen LogP contribution in [0, 0.1) is 5.82 Å². The first-order chi connectivity index (χ1) is 7.18. The minimum absolute atomic E-state index is 0.130. The normalized spacial score (nSPS) is 21.7. The van der Waals surface area contributed by atoms with E-state index in [1.165, 1.54) is 0 Å². The van der Waals surface area contributed by atoms with Crippen LogP contribution < -0.4 is 0 Å². The minimum Gasteiger partial charge on any atom is -0.372 e. The zero-order chi connectivity index (χ0) is 10.8. The fraction of sp³-hybridized carbons (Fsp3) is 0.364. The Labute approximate surface area is 95.6 Å². The van der Waals surface area contributed by atoms with Gasteiger partial charge in [-0.05, 0) is 22.0 Å². The van der Waals surface area contributed by atoms with Gasteiger partial charge in [0.05, 0.1) is 17.2 Å². The van der Waals surface area contributed by atoms with E-state index in [2.05, 4.69) is 15.9 Å². The molecule has 1 saturated heterocycles. The molecular formula is C11H10BrFO2. The molecule has 0 aromatic heterocycles. The van der Waals surface area contributed by atoms with Crippen LogP contribution in [0.1, 0.15) is 24.5 Å². The fourth-order valence-corrected chi connectivity index (χ4v) is 2.03. The van der Waals surface area contributed by atoms with E-state index in [-0.39, 0.29) is 18.0 Å². The molecule has 1 aromatic carbocycles. The summed E-state index contributed by atoms with van der Waals surface area (Å²) >= 11 is 3.11. The lowest BCUT2D eigenvalue weighted by Crippen LogP contribution is -2.20. The van der Waals surface area contributed by atoms with Crippen LogP contribution in [0.2, 0.25) is 0 Å². The van der Waals surface area contributed by atoms with Gasteiger partial charge in [0.25, 0.3) is 0 Å². The monoisotopic (exact) mass is 272 g/mol. The van der Waals surface area contributed by atoms with Crippen molar-refractivity contribution in [2.75, 3.05) is 6.61 Å². The summed E-state index contributed by atoms with van der Waals surface area (Å²) in [6.07, 6.45) is 0.281. The SMILES string of the molecule is O=C1CCOC(c2cccc(Br)c2F)C1. The van der Waals surface area contributed by atoms with E-state index < -0.39 is 6.10 Å². The van der Waals surface area contributed by atoms with Gasteiger partial charge >= 0.3 is 0 Å². The van der Waals surface area contributed by atoms with E-state index in [0.717, 1.165) is 0 Å². The summed E-state index contributed by atoms with van der Waals surface area (Å²) in [6.45, 7) is 0.384. The summed E-state index contributed by atoms with van der Waals surface area (Å²) in [5.41, 5.74) is 0.456. The largest absolute Gasteiger partial charge is 0.372 e. The predicted molar refractivity (Wildman–Crippen MR) is 57.0 cm³/mol. The van der Waals surface area contributed by atoms with Gasteiger partial charge in [-0.25, -0.2) is 4.39 Å². The van der Waals surface area contributed by atoms with Gasteiger partial charge < -0.3 is 4.74 Å². The van der Waals surface area contributed by atoms with E-state index >= 15 is 0 Å². The molecule has 1 atom stereocenters. The van der Waals surface area contributed by atoms with Crippen molar-refractivity contribution in [1.82, 2.24) is 0 Å². The van der Waals surface area contributed by atoms with Crippen molar-refractivity contribution in [2.45, 2.75) is 18.9 Å². The third kappa shape index (κ3) is 2.26. The number of Topliss-reactive ketones (excluding diaryl/α,β-unsaturated/α-hetero) is 1. The van der Waals surface area contributed by atoms with Gasteiger partial charge in [0.1, 0.15) is 11.6 Å². The number of benzene rings is 1. The Morgan fingerprint density at radius 3 is 3.00 bits per heavy atom. The number of carbonyl (C=O) groups excluding carboxylic acids is 1. The second-order valence-electron chi connectivity index (χ2n) is 3.50. The molecule has 0 aliphatic carbocycles. The highest BCUT2D eigenvalue weighted by atomic mass is 79.9. The van der Waals surface area contributed by atoms with Crippen molar-refractivity contribution in [3.05, 3.63) is 34.1 Å². The summed E-state index contributed by atoms with van der Waals surface area (Å²) in [7, 11) is 0. The molecule has 4 heteroatoms. The van der Waals surface area contributed by atoms with Crippen LogP contribution in [0.25, 0.3) is 0 Å². The highest BCUT2D eigenvalue weighted by molar-refractivity contribution is 9.10. The first-order valence-electron chi connectivity index (χ1n) is 4.75. The predicted octanol–water partition coefficient (Wildman–Crippen LogP) is 3.01. The minimum atomic E-state index is -0.427. The van der Waals surface area contributed by atoms with E-state index in [0.29, 0.717) is 23.1 Å². The maximum absolute atomic E-state index is 13.7. The molecule has 1 aromatic rings. The molecular weight excluding hydrogens is 263 g/mol. The van der Waals surface area contributed by atoms with Gasteiger partial charge in [0.15, 0.2) is 0 Å². The Morgan fingerprint density at radius 1 is 1.47 bits per heavy atom. The molecule has 1 fully saturated rings. The Balaban J connectivity index is 2.28. The first kappa shape index (κ1) is 10.8. The Morgan fingerprint density at radius 2 is 2.27 bits per heavy atom. The molecule has 2 rings (SSSR count).